The number of nitrogens with zero attached hydrogens (tertiary/aromatic N) is 1. The highest BCUT2D eigenvalue weighted by molar-refractivity contribution is 5.78. The van der Waals surface area contributed by atoms with Crippen molar-refractivity contribution in [2.24, 2.45) is 0 Å². The first-order valence-corrected chi connectivity index (χ1v) is 8.50. The lowest BCUT2D eigenvalue weighted by atomic mass is 10.1. The van der Waals surface area contributed by atoms with Crippen molar-refractivity contribution in [1.82, 2.24) is 10.2 Å². The van der Waals surface area contributed by atoms with Gasteiger partial charge in [0.05, 0.1) is 19.3 Å². The third-order valence-corrected chi connectivity index (χ3v) is 4.26. The number of ether oxygens (including phenoxy) is 1. The highest BCUT2D eigenvalue weighted by Gasteiger charge is 2.23. The van der Waals surface area contributed by atoms with E-state index in [-0.39, 0.29) is 17.8 Å². The van der Waals surface area contributed by atoms with Crippen molar-refractivity contribution in [2.75, 3.05) is 19.6 Å². The molecular formula is C20H23FN2O2. The molecule has 1 fully saturated rings. The van der Waals surface area contributed by atoms with Crippen molar-refractivity contribution in [3.63, 3.8) is 0 Å². The second-order valence-corrected chi connectivity index (χ2v) is 6.46. The third kappa shape index (κ3) is 5.11. The van der Waals surface area contributed by atoms with Crippen LogP contribution in [0.25, 0.3) is 0 Å². The number of carbonyl (C=O) groups excluding carboxylic acids is 1. The molecule has 25 heavy (non-hydrogen) atoms. The molecule has 0 bridgehead atoms. The van der Waals surface area contributed by atoms with Crippen LogP contribution in [-0.4, -0.2) is 36.5 Å². The third-order valence-electron chi connectivity index (χ3n) is 4.26. The standard InChI is InChI=1S/C20H23FN2O2/c1-15-4-2-5-16(8-15)12-23-13-19(10-22-11-20(23)24)25-14-17-6-3-7-18(21)9-17/h2-9,19,22H,10-14H2,1H3. The van der Waals surface area contributed by atoms with Gasteiger partial charge in [-0.05, 0) is 30.2 Å². The number of nitrogens with one attached hydrogen (secondary N) is 1. The number of hydrogen-bond acceptors (Lipinski definition) is 3. The fourth-order valence-electron chi connectivity index (χ4n) is 3.00. The Hall–Kier alpha value is -2.24. The van der Waals surface area contributed by atoms with Crippen molar-refractivity contribution in [1.29, 1.82) is 0 Å². The molecule has 0 radical (unpaired) electrons. The van der Waals surface area contributed by atoms with Crippen LogP contribution >= 0.6 is 0 Å². The van der Waals surface area contributed by atoms with Crippen LogP contribution in [0.2, 0.25) is 0 Å². The van der Waals surface area contributed by atoms with Crippen LogP contribution in [0, 0.1) is 12.7 Å². The van der Waals surface area contributed by atoms with Gasteiger partial charge in [-0.1, -0.05) is 42.0 Å². The van der Waals surface area contributed by atoms with Gasteiger partial charge >= 0.3 is 0 Å². The summed E-state index contributed by atoms with van der Waals surface area (Å²) in [6.07, 6.45) is -0.125. The molecule has 4 nitrogen and oxygen atoms in total. The van der Waals surface area contributed by atoms with Gasteiger partial charge in [-0.3, -0.25) is 4.79 Å². The predicted octanol–water partition coefficient (Wildman–Crippen LogP) is 2.65. The van der Waals surface area contributed by atoms with Gasteiger partial charge in [-0.15, -0.1) is 0 Å². The summed E-state index contributed by atoms with van der Waals surface area (Å²) < 4.78 is 19.2. The zero-order valence-electron chi connectivity index (χ0n) is 14.4. The van der Waals surface area contributed by atoms with Crippen LogP contribution in [0.3, 0.4) is 0 Å². The second kappa shape index (κ2) is 8.23. The van der Waals surface area contributed by atoms with E-state index in [1.807, 2.05) is 36.1 Å². The zero-order valence-corrected chi connectivity index (χ0v) is 14.4. The van der Waals surface area contributed by atoms with E-state index in [9.17, 15) is 9.18 Å². The van der Waals surface area contributed by atoms with Crippen LogP contribution in [-0.2, 0) is 22.7 Å². The molecular weight excluding hydrogens is 319 g/mol. The van der Waals surface area contributed by atoms with E-state index in [4.69, 9.17) is 4.74 Å². The summed E-state index contributed by atoms with van der Waals surface area (Å²) in [6.45, 7) is 4.38. The van der Waals surface area contributed by atoms with Crippen molar-refractivity contribution in [2.45, 2.75) is 26.2 Å². The Bertz CT molecular complexity index is 735. The van der Waals surface area contributed by atoms with Gasteiger partial charge in [0.2, 0.25) is 5.91 Å². The van der Waals surface area contributed by atoms with Crippen molar-refractivity contribution < 1.29 is 13.9 Å². The largest absolute Gasteiger partial charge is 0.370 e. The smallest absolute Gasteiger partial charge is 0.236 e. The van der Waals surface area contributed by atoms with E-state index in [1.165, 1.54) is 17.7 Å². The Morgan fingerprint density at radius 1 is 1.20 bits per heavy atom. The first kappa shape index (κ1) is 17.6. The molecule has 1 unspecified atom stereocenters. The molecule has 132 valence electrons. The van der Waals surface area contributed by atoms with E-state index >= 15 is 0 Å². The van der Waals surface area contributed by atoms with E-state index in [0.717, 1.165) is 11.1 Å². The van der Waals surface area contributed by atoms with Crippen LogP contribution in [0.4, 0.5) is 4.39 Å². The summed E-state index contributed by atoms with van der Waals surface area (Å²) in [5.74, 6) is -0.199. The Morgan fingerprint density at radius 2 is 2.00 bits per heavy atom. The molecule has 1 amide bonds. The second-order valence-electron chi connectivity index (χ2n) is 6.46. The van der Waals surface area contributed by atoms with Gasteiger partial charge in [0.1, 0.15) is 5.82 Å². The van der Waals surface area contributed by atoms with Gasteiger partial charge < -0.3 is 15.0 Å². The molecule has 1 heterocycles. The van der Waals surface area contributed by atoms with Crippen molar-refractivity contribution in [3.05, 3.63) is 71.0 Å². The minimum Gasteiger partial charge on any atom is -0.370 e. The lowest BCUT2D eigenvalue weighted by Crippen LogP contribution is -2.37. The number of aryl methyl sites for hydroxylation is 1. The maximum Gasteiger partial charge on any atom is 0.236 e. The molecule has 0 saturated carbocycles. The summed E-state index contributed by atoms with van der Waals surface area (Å²) >= 11 is 0. The SMILES string of the molecule is Cc1cccc(CN2CC(OCc3cccc(F)c3)CNCC2=O)c1. The molecule has 0 spiro atoms. The van der Waals surface area contributed by atoms with Crippen molar-refractivity contribution in [3.8, 4) is 0 Å². The van der Waals surface area contributed by atoms with Crippen LogP contribution in [0.5, 0.6) is 0 Å². The Kier molecular flexibility index (Phi) is 5.79. The van der Waals surface area contributed by atoms with E-state index in [2.05, 4.69) is 11.4 Å². The van der Waals surface area contributed by atoms with Gasteiger partial charge in [-0.25, -0.2) is 4.39 Å². The highest BCUT2D eigenvalue weighted by atomic mass is 19.1. The maximum absolute atomic E-state index is 13.3. The molecule has 2 aromatic rings. The van der Waals surface area contributed by atoms with Crippen LogP contribution in [0.1, 0.15) is 16.7 Å². The summed E-state index contributed by atoms with van der Waals surface area (Å²) in [5, 5.41) is 3.13. The molecule has 1 aliphatic heterocycles. The lowest BCUT2D eigenvalue weighted by Gasteiger charge is -2.24. The highest BCUT2D eigenvalue weighted by Crippen LogP contribution is 2.12. The van der Waals surface area contributed by atoms with Gasteiger partial charge in [-0.2, -0.15) is 0 Å². The van der Waals surface area contributed by atoms with E-state index < -0.39 is 0 Å². The average Bonchev–Trinajstić information content (AvgIpc) is 2.75. The minimum absolute atomic E-state index is 0.0679. The van der Waals surface area contributed by atoms with Crippen LogP contribution in [0.15, 0.2) is 48.5 Å². The summed E-state index contributed by atoms with van der Waals surface area (Å²) in [5.41, 5.74) is 3.08. The number of rotatable bonds is 5. The molecule has 3 rings (SSSR count). The lowest BCUT2D eigenvalue weighted by molar-refractivity contribution is -0.131. The fraction of sp³-hybridized carbons (Fsp3) is 0.350. The molecule has 0 aromatic heterocycles. The number of halogens is 1. The molecule has 1 saturated heterocycles. The quantitative estimate of drug-likeness (QED) is 0.908. The Balaban J connectivity index is 1.62. The van der Waals surface area contributed by atoms with Gasteiger partial charge in [0.25, 0.3) is 0 Å². The van der Waals surface area contributed by atoms with Gasteiger partial charge in [0, 0.05) is 19.6 Å². The molecule has 1 N–H and O–H groups in total. The minimum atomic E-state index is -0.267. The van der Waals surface area contributed by atoms with E-state index in [1.54, 1.807) is 6.07 Å². The maximum atomic E-state index is 13.3. The fourth-order valence-corrected chi connectivity index (χ4v) is 3.00. The number of benzene rings is 2. The van der Waals surface area contributed by atoms with Crippen molar-refractivity contribution >= 4 is 5.91 Å². The average molecular weight is 342 g/mol. The number of carbonyl (C=O) groups is 1. The predicted molar refractivity (Wildman–Crippen MR) is 94.4 cm³/mol. The van der Waals surface area contributed by atoms with Gasteiger partial charge in [0.15, 0.2) is 0 Å². The normalized spacial score (nSPS) is 18.2. The zero-order chi connectivity index (χ0) is 17.6. The Morgan fingerprint density at radius 3 is 2.80 bits per heavy atom. The number of hydrogen-bond donors (Lipinski definition) is 1. The molecule has 1 atom stereocenters. The summed E-state index contributed by atoms with van der Waals surface area (Å²) in [4.78, 5) is 14.2. The first-order chi connectivity index (χ1) is 12.1. The van der Waals surface area contributed by atoms with E-state index in [0.29, 0.717) is 32.8 Å². The van der Waals surface area contributed by atoms with Crippen LogP contribution < -0.4 is 5.32 Å². The molecule has 5 heteroatoms. The topological polar surface area (TPSA) is 41.6 Å². The summed E-state index contributed by atoms with van der Waals surface area (Å²) in [6, 6.07) is 14.6. The monoisotopic (exact) mass is 342 g/mol. The molecule has 1 aliphatic rings. The first-order valence-electron chi connectivity index (χ1n) is 8.50. The molecule has 0 aliphatic carbocycles. The number of amides is 1. The Labute approximate surface area is 147 Å². The summed E-state index contributed by atoms with van der Waals surface area (Å²) in [7, 11) is 0. The molecule has 2 aromatic carbocycles.